The maximum atomic E-state index is 6.05. The monoisotopic (exact) mass is 239 g/mol. The van der Waals surface area contributed by atoms with E-state index in [4.69, 9.17) is 10.5 Å². The van der Waals surface area contributed by atoms with Gasteiger partial charge in [-0.25, -0.2) is 0 Å². The van der Waals surface area contributed by atoms with Crippen LogP contribution < -0.4 is 10.5 Å². The molecule has 0 saturated heterocycles. The van der Waals surface area contributed by atoms with Gasteiger partial charge in [0.2, 0.25) is 0 Å². The van der Waals surface area contributed by atoms with E-state index in [2.05, 4.69) is 42.5 Å². The zero-order valence-electron chi connectivity index (χ0n) is 10.3. The molecule has 1 aliphatic rings. The Balaban J connectivity index is 1.98. The highest BCUT2D eigenvalue weighted by atomic mass is 16.5. The summed E-state index contributed by atoms with van der Waals surface area (Å²) in [6, 6.07) is 16.8. The van der Waals surface area contributed by atoms with Crippen LogP contribution in [-0.2, 0) is 6.42 Å². The van der Waals surface area contributed by atoms with Crippen molar-refractivity contribution in [2.24, 2.45) is 5.73 Å². The number of fused-ring (bicyclic) bond motifs is 1. The van der Waals surface area contributed by atoms with Gasteiger partial charge >= 0.3 is 0 Å². The van der Waals surface area contributed by atoms with Gasteiger partial charge in [-0.2, -0.15) is 0 Å². The van der Waals surface area contributed by atoms with E-state index >= 15 is 0 Å². The van der Waals surface area contributed by atoms with E-state index in [1.165, 1.54) is 16.7 Å². The van der Waals surface area contributed by atoms with Gasteiger partial charge in [0.25, 0.3) is 0 Å². The SMILES string of the molecule is NCC[C@@H]1Cc2cccc(-c3ccccc3)c2O1. The van der Waals surface area contributed by atoms with Crippen LogP contribution in [0.15, 0.2) is 48.5 Å². The lowest BCUT2D eigenvalue weighted by Crippen LogP contribution is -2.17. The van der Waals surface area contributed by atoms with Crippen molar-refractivity contribution < 1.29 is 4.74 Å². The highest BCUT2D eigenvalue weighted by Gasteiger charge is 2.24. The molecule has 0 aliphatic carbocycles. The van der Waals surface area contributed by atoms with E-state index in [9.17, 15) is 0 Å². The largest absolute Gasteiger partial charge is 0.489 e. The van der Waals surface area contributed by atoms with Crippen LogP contribution in [-0.4, -0.2) is 12.6 Å². The zero-order chi connectivity index (χ0) is 12.4. The molecule has 0 fully saturated rings. The molecule has 0 bridgehead atoms. The van der Waals surface area contributed by atoms with E-state index in [1.54, 1.807) is 0 Å². The van der Waals surface area contributed by atoms with Crippen LogP contribution in [0.5, 0.6) is 5.75 Å². The molecule has 0 spiro atoms. The molecule has 92 valence electrons. The Morgan fingerprint density at radius 1 is 1.06 bits per heavy atom. The Morgan fingerprint density at radius 2 is 1.89 bits per heavy atom. The number of ether oxygens (including phenoxy) is 1. The van der Waals surface area contributed by atoms with Crippen LogP contribution in [0.1, 0.15) is 12.0 Å². The van der Waals surface area contributed by atoms with Crippen molar-refractivity contribution in [3.8, 4) is 16.9 Å². The lowest BCUT2D eigenvalue weighted by Gasteiger charge is -2.11. The third-order valence-electron chi connectivity index (χ3n) is 3.40. The number of para-hydroxylation sites is 1. The molecule has 0 amide bonds. The van der Waals surface area contributed by atoms with Gasteiger partial charge in [-0.05, 0) is 24.1 Å². The topological polar surface area (TPSA) is 35.2 Å². The second-order valence-corrected chi connectivity index (χ2v) is 4.68. The van der Waals surface area contributed by atoms with Gasteiger partial charge < -0.3 is 10.5 Å². The smallest absolute Gasteiger partial charge is 0.130 e. The fraction of sp³-hybridized carbons (Fsp3) is 0.250. The Bertz CT molecular complexity index is 536. The Morgan fingerprint density at radius 3 is 2.67 bits per heavy atom. The number of nitrogens with two attached hydrogens (primary N) is 1. The fourth-order valence-corrected chi connectivity index (χ4v) is 2.53. The number of benzene rings is 2. The molecule has 0 saturated carbocycles. The van der Waals surface area contributed by atoms with E-state index in [-0.39, 0.29) is 6.10 Å². The Kier molecular flexibility index (Phi) is 3.03. The van der Waals surface area contributed by atoms with Crippen molar-refractivity contribution in [1.82, 2.24) is 0 Å². The number of rotatable bonds is 3. The Hall–Kier alpha value is -1.80. The quantitative estimate of drug-likeness (QED) is 0.893. The van der Waals surface area contributed by atoms with E-state index in [0.29, 0.717) is 6.54 Å². The zero-order valence-corrected chi connectivity index (χ0v) is 10.3. The van der Waals surface area contributed by atoms with Gasteiger partial charge in [0.15, 0.2) is 0 Å². The molecule has 0 unspecified atom stereocenters. The first-order chi connectivity index (χ1) is 8.88. The average molecular weight is 239 g/mol. The molecule has 3 rings (SSSR count). The summed E-state index contributed by atoms with van der Waals surface area (Å²) in [6.07, 6.45) is 2.14. The molecule has 2 aromatic carbocycles. The predicted molar refractivity (Wildman–Crippen MR) is 73.7 cm³/mol. The van der Waals surface area contributed by atoms with Gasteiger partial charge in [0.05, 0.1) is 0 Å². The highest BCUT2D eigenvalue weighted by Crippen LogP contribution is 2.39. The van der Waals surface area contributed by atoms with E-state index < -0.39 is 0 Å². The molecular weight excluding hydrogens is 222 g/mol. The van der Waals surface area contributed by atoms with Crippen molar-refractivity contribution >= 4 is 0 Å². The van der Waals surface area contributed by atoms with Gasteiger partial charge in [-0.15, -0.1) is 0 Å². The Labute approximate surface area is 107 Å². The summed E-state index contributed by atoms with van der Waals surface area (Å²) in [5.74, 6) is 1.04. The number of hydrogen-bond acceptors (Lipinski definition) is 2. The van der Waals surface area contributed by atoms with Crippen LogP contribution >= 0.6 is 0 Å². The lowest BCUT2D eigenvalue weighted by atomic mass is 10.0. The molecular formula is C16H17NO. The van der Waals surface area contributed by atoms with Crippen molar-refractivity contribution in [1.29, 1.82) is 0 Å². The first-order valence-corrected chi connectivity index (χ1v) is 6.42. The van der Waals surface area contributed by atoms with Crippen molar-refractivity contribution in [3.63, 3.8) is 0 Å². The predicted octanol–water partition coefficient (Wildman–Crippen LogP) is 3.01. The summed E-state index contributed by atoms with van der Waals surface area (Å²) in [7, 11) is 0. The minimum atomic E-state index is 0.245. The van der Waals surface area contributed by atoms with Crippen molar-refractivity contribution in [3.05, 3.63) is 54.1 Å². The maximum Gasteiger partial charge on any atom is 0.130 e. The molecule has 2 N–H and O–H groups in total. The first kappa shape index (κ1) is 11.3. The molecule has 0 aromatic heterocycles. The third-order valence-corrected chi connectivity index (χ3v) is 3.40. The van der Waals surface area contributed by atoms with Gasteiger partial charge in [-0.1, -0.05) is 48.5 Å². The van der Waals surface area contributed by atoms with E-state index in [0.717, 1.165) is 18.6 Å². The van der Waals surface area contributed by atoms with Crippen LogP contribution in [0.4, 0.5) is 0 Å². The van der Waals surface area contributed by atoms with Crippen LogP contribution in [0.3, 0.4) is 0 Å². The standard InChI is InChI=1S/C16H17NO/c17-10-9-14-11-13-7-4-8-15(16(13)18-14)12-5-2-1-3-6-12/h1-8,14H,9-11,17H2/t14-/m1/s1. The second-order valence-electron chi connectivity index (χ2n) is 4.68. The summed E-state index contributed by atoms with van der Waals surface area (Å²) in [4.78, 5) is 0. The van der Waals surface area contributed by atoms with Crippen LogP contribution in [0.2, 0.25) is 0 Å². The average Bonchev–Trinajstić information content (AvgIpc) is 2.82. The number of hydrogen-bond donors (Lipinski definition) is 1. The second kappa shape index (κ2) is 4.83. The third kappa shape index (κ3) is 2.00. The molecule has 1 aliphatic heterocycles. The highest BCUT2D eigenvalue weighted by molar-refractivity contribution is 5.72. The fourth-order valence-electron chi connectivity index (χ4n) is 2.53. The van der Waals surface area contributed by atoms with Crippen molar-refractivity contribution in [2.45, 2.75) is 18.9 Å². The lowest BCUT2D eigenvalue weighted by molar-refractivity contribution is 0.225. The van der Waals surface area contributed by atoms with Gasteiger partial charge in [-0.3, -0.25) is 0 Å². The van der Waals surface area contributed by atoms with Gasteiger partial charge in [0, 0.05) is 12.0 Å². The maximum absolute atomic E-state index is 6.05. The van der Waals surface area contributed by atoms with Crippen molar-refractivity contribution in [2.75, 3.05) is 6.54 Å². The molecule has 1 atom stereocenters. The molecule has 0 radical (unpaired) electrons. The minimum Gasteiger partial charge on any atom is -0.489 e. The molecule has 1 heterocycles. The molecule has 2 nitrogen and oxygen atoms in total. The summed E-state index contributed by atoms with van der Waals surface area (Å²) in [6.45, 7) is 0.680. The van der Waals surface area contributed by atoms with Crippen LogP contribution in [0.25, 0.3) is 11.1 Å². The molecule has 18 heavy (non-hydrogen) atoms. The first-order valence-electron chi connectivity index (χ1n) is 6.42. The summed E-state index contributed by atoms with van der Waals surface area (Å²) >= 11 is 0. The van der Waals surface area contributed by atoms with Crippen LogP contribution in [0, 0.1) is 0 Å². The minimum absolute atomic E-state index is 0.245. The summed E-state index contributed by atoms with van der Waals surface area (Å²) in [5, 5.41) is 0. The summed E-state index contributed by atoms with van der Waals surface area (Å²) in [5.41, 5.74) is 9.31. The normalized spacial score (nSPS) is 17.3. The van der Waals surface area contributed by atoms with E-state index in [1.807, 2.05) is 6.07 Å². The summed E-state index contributed by atoms with van der Waals surface area (Å²) < 4.78 is 6.05. The van der Waals surface area contributed by atoms with Gasteiger partial charge in [0.1, 0.15) is 11.9 Å². The molecule has 2 heteroatoms. The molecule has 2 aromatic rings.